The number of ketones is 1. The topological polar surface area (TPSA) is 458 Å². The lowest BCUT2D eigenvalue weighted by Crippen LogP contribution is -2.69. The number of methoxy groups -OCH3 is 2. The van der Waals surface area contributed by atoms with Crippen LogP contribution in [0, 0.1) is 62.1 Å². The second-order valence-corrected chi connectivity index (χ2v) is 35.9. The number of hydrogen-bond acceptors (Lipinski definition) is 29. The van der Waals surface area contributed by atoms with E-state index in [0.29, 0.717) is 50.9 Å². The second kappa shape index (κ2) is 34.0. The molecule has 11 aliphatic rings. The van der Waals surface area contributed by atoms with Gasteiger partial charge in [-0.05, 0) is 143 Å². The third-order valence-corrected chi connectivity index (χ3v) is 28.4. The van der Waals surface area contributed by atoms with Gasteiger partial charge in [0.2, 0.25) is 0 Å². The molecule has 0 radical (unpaired) electrons. The van der Waals surface area contributed by atoms with Gasteiger partial charge in [-0.15, -0.1) is 0 Å². The second-order valence-electron chi connectivity index (χ2n) is 35.9. The Hall–Kier alpha value is -2.46. The van der Waals surface area contributed by atoms with E-state index in [1.807, 2.05) is 19.9 Å². The van der Waals surface area contributed by atoms with Crippen LogP contribution in [-0.4, -0.2) is 313 Å². The van der Waals surface area contributed by atoms with E-state index in [-0.39, 0.29) is 61.9 Å². The fourth-order valence-corrected chi connectivity index (χ4v) is 21.8. The number of Topliss-reactive ketones (excluding diaryl/α,β-unsaturated/α-hetero) is 1. The monoisotopic (exact) mass is 1540 g/mol. The van der Waals surface area contributed by atoms with Crippen molar-refractivity contribution in [3.05, 3.63) is 23.3 Å². The number of rotatable bonds is 25. The Morgan fingerprint density at radius 3 is 1.93 bits per heavy atom. The number of fused-ring (bicyclic) bond motifs is 7. The quantitative estimate of drug-likeness (QED) is 0.0451. The Labute approximate surface area is 633 Å². The van der Waals surface area contributed by atoms with E-state index in [4.69, 9.17) is 61.6 Å². The summed E-state index contributed by atoms with van der Waals surface area (Å²) in [6.07, 6.45) is -31.7. The van der Waals surface area contributed by atoms with Gasteiger partial charge in [-0.1, -0.05) is 85.1 Å². The molecule has 30 heteroatoms. The molecule has 0 aromatic heterocycles. The third-order valence-electron chi connectivity index (χ3n) is 28.4. The van der Waals surface area contributed by atoms with Gasteiger partial charge in [0.05, 0.1) is 74.6 Å². The Morgan fingerprint density at radius 2 is 1.27 bits per heavy atom. The zero-order valence-electron chi connectivity index (χ0n) is 65.1. The molecule has 10 fully saturated rings. The molecule has 30 nitrogen and oxygen atoms in total. The largest absolute Gasteiger partial charge is 0.479 e. The normalized spacial score (nSPS) is 50.6. The molecular weight excluding hydrogens is 1420 g/mol. The number of carboxylic acid groups (broad SMARTS) is 1. The van der Waals surface area contributed by atoms with Crippen LogP contribution in [0.15, 0.2) is 23.3 Å². The van der Waals surface area contributed by atoms with Crippen molar-refractivity contribution in [2.75, 3.05) is 47.3 Å². The average molecular weight is 1550 g/mol. The van der Waals surface area contributed by atoms with Gasteiger partial charge >= 0.3 is 5.97 Å². The summed E-state index contributed by atoms with van der Waals surface area (Å²) in [5.41, 5.74) is -2.32. The van der Waals surface area contributed by atoms with E-state index in [9.17, 15) is 81.4 Å². The van der Waals surface area contributed by atoms with Crippen LogP contribution >= 0.6 is 0 Å². The van der Waals surface area contributed by atoms with Crippen LogP contribution in [0.25, 0.3) is 0 Å². The highest BCUT2D eigenvalue weighted by Gasteiger charge is 2.72. The Bertz CT molecular complexity index is 3090. The van der Waals surface area contributed by atoms with E-state index >= 15 is 4.79 Å². The molecule has 5 saturated heterocycles. The first kappa shape index (κ1) is 86.4. The fraction of sp³-hybridized carbons (Fsp3) is 0.923. The van der Waals surface area contributed by atoms with Crippen molar-refractivity contribution in [2.24, 2.45) is 62.1 Å². The van der Waals surface area contributed by atoms with Crippen molar-refractivity contribution in [2.45, 2.75) is 344 Å². The number of aliphatic carboxylic acids is 1. The molecule has 38 atom stereocenters. The number of carboxylic acids is 1. The minimum atomic E-state index is -2.12. The molecule has 15 N–H and O–H groups in total. The standard InChI is InChI=1S/C78H128O30/c1-35(2)15-14-16-36(3)21-26-98-60-37(4)101-45(63(56(60)90)106-71-59(93)64(97-13)61(38(5)102-71)105-70-58(92)62(96-12)43(82)33-100-70)28-48(83)78-25-24-73(6,7)29-41(78)40-17-18-47-74(8)22-20-50(75(9,34-80)46(74)19-23-76(47,10)77(40,11)30-49(78)84)104-72-67(103-44-27-39(31-79)51(85)54(88)53(44)87)65(57(91)66(108-72)68(94)95)107-69-55(89)52(86)42(81)32-99-69/h17,21,35,37-39,41-47,49-67,69-72,79-82,84-93H,14-16,18-20,22-34H2,1-13H3,(H,94,95)/b36-21+/t37?,38?,39?,41?,42-,43-,44+,45-,46?,47?,49?,50?,51-,52?,53?,54?,55?,56?,57+,58?,59?,60-,61-,62?,63?,64?,65?,66?,67?,69-,70-,71-,72+,74-,75?,76+,77+,78-/m0/s1. The van der Waals surface area contributed by atoms with Gasteiger partial charge in [-0.3, -0.25) is 4.79 Å². The highest BCUT2D eigenvalue weighted by atomic mass is 16.8. The maximum atomic E-state index is 16.4. The van der Waals surface area contributed by atoms with Crippen molar-refractivity contribution < 1.29 is 148 Å². The molecule has 0 aromatic carbocycles. The van der Waals surface area contributed by atoms with Crippen LogP contribution in [0.2, 0.25) is 0 Å². The smallest absolute Gasteiger partial charge is 0.335 e. The van der Waals surface area contributed by atoms with Gasteiger partial charge in [0.15, 0.2) is 31.3 Å². The van der Waals surface area contributed by atoms with E-state index in [1.165, 1.54) is 14.2 Å². The molecule has 620 valence electrons. The van der Waals surface area contributed by atoms with Gasteiger partial charge in [-0.2, -0.15) is 0 Å². The lowest BCUT2D eigenvalue weighted by Gasteiger charge is -2.72. The summed E-state index contributed by atoms with van der Waals surface area (Å²) >= 11 is 0. The summed E-state index contributed by atoms with van der Waals surface area (Å²) in [5, 5.41) is 170. The number of hydrogen-bond donors (Lipinski definition) is 15. The van der Waals surface area contributed by atoms with E-state index < -0.39 is 242 Å². The van der Waals surface area contributed by atoms with Gasteiger partial charge < -0.3 is 138 Å². The highest BCUT2D eigenvalue weighted by molar-refractivity contribution is 5.87. The van der Waals surface area contributed by atoms with Gasteiger partial charge in [0, 0.05) is 38.6 Å². The maximum Gasteiger partial charge on any atom is 0.335 e. The molecule has 0 amide bonds. The number of aliphatic hydroxyl groups excluding tert-OH is 14. The number of carbonyl (C=O) groups is 2. The third kappa shape index (κ3) is 15.9. The van der Waals surface area contributed by atoms with Crippen LogP contribution in [0.4, 0.5) is 0 Å². The Balaban J connectivity index is 0.870. The molecule has 11 rings (SSSR count). The van der Waals surface area contributed by atoms with E-state index in [2.05, 4.69) is 54.5 Å². The van der Waals surface area contributed by atoms with Crippen LogP contribution in [0.5, 0.6) is 0 Å². The first-order chi connectivity index (χ1) is 50.8. The van der Waals surface area contributed by atoms with Crippen molar-refractivity contribution >= 4 is 11.8 Å². The van der Waals surface area contributed by atoms with Crippen LogP contribution in [0.1, 0.15) is 166 Å². The Kier molecular flexibility index (Phi) is 27.2. The van der Waals surface area contributed by atoms with Crippen LogP contribution in [0.3, 0.4) is 0 Å². The van der Waals surface area contributed by atoms with Crippen molar-refractivity contribution in [3.8, 4) is 0 Å². The average Bonchev–Trinajstić information content (AvgIpc) is 0.670. The summed E-state index contributed by atoms with van der Waals surface area (Å²) in [6, 6.07) is 0. The highest BCUT2D eigenvalue weighted by Crippen LogP contribution is 2.76. The fourth-order valence-electron chi connectivity index (χ4n) is 21.8. The molecule has 22 unspecified atom stereocenters. The first-order valence-electron chi connectivity index (χ1n) is 39.5. The van der Waals surface area contributed by atoms with Crippen molar-refractivity contribution in [1.82, 2.24) is 0 Å². The Morgan fingerprint density at radius 1 is 0.620 bits per heavy atom. The van der Waals surface area contributed by atoms with E-state index in [0.717, 1.165) is 30.4 Å². The van der Waals surface area contributed by atoms with Gasteiger partial charge in [0.1, 0.15) is 110 Å². The minimum absolute atomic E-state index is 0.0905. The SMILES string of the molecule is COC1C(O)[C@H](OC2C(O)[C@@H](OC/C=C(\C)CCCC(C)C)C(C)O[C@H]2CC(=O)[C@]23CCC(C)(C)CC2C2=CCC4[C@@]5(C)CCC(O[C@@H]6OC(C(=O)O)[C@H](O)C(O[C@@H]7OC[C@H](O)C(O)C7O)C6O[C@@H]6CC(CO)[C@H](O)C(O)C6O)C(C)(CO)C5CC[C@@]4(C)[C@]2(C)CC3O)OC(C)[C@@H]1O[C@@H]1OC[C@H](O)C(OC)C1O. The maximum absolute atomic E-state index is 16.4. The molecule has 0 aromatic rings. The number of allylic oxidation sites excluding steroid dienone is 3. The molecule has 0 spiro atoms. The minimum Gasteiger partial charge on any atom is -0.479 e. The van der Waals surface area contributed by atoms with Crippen LogP contribution in [-0.2, 0) is 71.2 Å². The van der Waals surface area contributed by atoms with E-state index in [1.54, 1.807) is 13.8 Å². The summed E-state index contributed by atoms with van der Waals surface area (Å²) in [5.74, 6) is -3.25. The molecule has 6 aliphatic carbocycles. The zero-order chi connectivity index (χ0) is 79.0. The predicted octanol–water partition coefficient (Wildman–Crippen LogP) is 1.21. The van der Waals surface area contributed by atoms with Gasteiger partial charge in [0.25, 0.3) is 0 Å². The number of aliphatic hydroxyl groups is 14. The van der Waals surface area contributed by atoms with Crippen molar-refractivity contribution in [1.29, 1.82) is 0 Å². The predicted molar refractivity (Wildman–Crippen MR) is 379 cm³/mol. The summed E-state index contributed by atoms with van der Waals surface area (Å²) in [7, 11) is 2.71. The molecule has 5 heterocycles. The molecule has 108 heavy (non-hydrogen) atoms. The molecule has 5 aliphatic heterocycles. The molecule has 5 saturated carbocycles. The van der Waals surface area contributed by atoms with Gasteiger partial charge in [-0.25, -0.2) is 4.79 Å². The summed E-state index contributed by atoms with van der Waals surface area (Å²) < 4.78 is 81.1. The molecule has 0 bridgehead atoms. The molecular formula is C78H128O30. The lowest BCUT2D eigenvalue weighted by molar-refractivity contribution is -0.371. The first-order valence-corrected chi connectivity index (χ1v) is 39.5. The zero-order valence-corrected chi connectivity index (χ0v) is 65.1. The summed E-state index contributed by atoms with van der Waals surface area (Å²) in [4.78, 5) is 29.5. The van der Waals surface area contributed by atoms with Crippen molar-refractivity contribution in [3.63, 3.8) is 0 Å². The summed E-state index contributed by atoms with van der Waals surface area (Å²) in [6.45, 7) is 21.2. The number of ether oxygens (including phenoxy) is 13. The van der Waals surface area contributed by atoms with Crippen LogP contribution < -0.4 is 0 Å². The lowest BCUT2D eigenvalue weighted by atomic mass is 9.33. The number of carbonyl (C=O) groups excluding carboxylic acids is 1.